The van der Waals surface area contributed by atoms with Gasteiger partial charge in [0.1, 0.15) is 0 Å². The van der Waals surface area contributed by atoms with Crippen molar-refractivity contribution >= 4 is 49.3 Å². The first kappa shape index (κ1) is 43.3. The van der Waals surface area contributed by atoms with Gasteiger partial charge in [0.25, 0.3) is 5.78 Å². The summed E-state index contributed by atoms with van der Waals surface area (Å²) in [5.41, 5.74) is 2.35. The third kappa shape index (κ3) is 9.70. The van der Waals surface area contributed by atoms with E-state index in [0.29, 0.717) is 5.01 Å². The van der Waals surface area contributed by atoms with Gasteiger partial charge in [-0.25, -0.2) is 4.98 Å². The van der Waals surface area contributed by atoms with Gasteiger partial charge in [-0.2, -0.15) is 26.3 Å². The number of fused-ring (bicyclic) bond motifs is 2. The fraction of sp³-hybridized carbons (Fsp3) is 0.410. The number of aromatic nitrogens is 2. The molecular weight excluding hydrogens is 899 g/mol. The van der Waals surface area contributed by atoms with Crippen molar-refractivity contribution in [2.75, 3.05) is 0 Å². The van der Waals surface area contributed by atoms with Crippen LogP contribution in [0.5, 0.6) is 0 Å². The van der Waals surface area contributed by atoms with Crippen LogP contribution in [0.1, 0.15) is 84.4 Å². The van der Waals surface area contributed by atoms with Crippen molar-refractivity contribution in [3.63, 3.8) is 0 Å². The zero-order chi connectivity index (χ0) is 38.3. The van der Waals surface area contributed by atoms with Crippen molar-refractivity contribution in [2.24, 2.45) is 11.3 Å². The van der Waals surface area contributed by atoms with Gasteiger partial charge in [0.05, 0.1) is 21.1 Å². The van der Waals surface area contributed by atoms with E-state index in [1.54, 1.807) is 17.5 Å². The molecule has 0 aliphatic carbocycles. The maximum absolute atomic E-state index is 13.5. The molecule has 4 nitrogen and oxygen atoms in total. The molecule has 0 fully saturated rings. The van der Waals surface area contributed by atoms with Gasteiger partial charge in [-0.3, -0.25) is 9.78 Å². The van der Waals surface area contributed by atoms with Crippen LogP contribution in [0, 0.1) is 17.4 Å². The maximum Gasteiger partial charge on any atom is 0.454 e. The van der Waals surface area contributed by atoms with Crippen LogP contribution >= 0.6 is 22.7 Å². The van der Waals surface area contributed by atoms with Gasteiger partial charge in [-0.15, -0.1) is 51.8 Å². The minimum absolute atomic E-state index is 0. The van der Waals surface area contributed by atoms with Crippen LogP contribution < -0.4 is 0 Å². The van der Waals surface area contributed by atoms with Crippen LogP contribution in [-0.4, -0.2) is 33.2 Å². The Kier molecular flexibility index (Phi) is 13.4. The van der Waals surface area contributed by atoms with Gasteiger partial charge >= 0.3 is 12.4 Å². The molecule has 0 saturated carbocycles. The molecule has 0 bridgehead atoms. The Balaban J connectivity index is 0.000000484. The Morgan fingerprint density at radius 1 is 0.923 bits per heavy atom. The molecular formula is C39H41F6IrN2O2S2-. The van der Waals surface area contributed by atoms with Crippen LogP contribution in [0.4, 0.5) is 26.3 Å². The van der Waals surface area contributed by atoms with Gasteiger partial charge in [0.15, 0.2) is 0 Å². The van der Waals surface area contributed by atoms with E-state index < -0.39 is 35.2 Å². The van der Waals surface area contributed by atoms with E-state index in [0.717, 1.165) is 36.5 Å². The van der Waals surface area contributed by atoms with Crippen molar-refractivity contribution in [2.45, 2.75) is 92.4 Å². The largest absolute Gasteiger partial charge is 0.512 e. The minimum Gasteiger partial charge on any atom is -0.512 e. The van der Waals surface area contributed by atoms with Crippen LogP contribution in [0.25, 0.3) is 41.9 Å². The number of nitrogens with zero attached hydrogens (tertiary/aromatic N) is 2. The van der Waals surface area contributed by atoms with Crippen molar-refractivity contribution in [3.8, 4) is 21.0 Å². The molecule has 2 aromatic carbocycles. The maximum atomic E-state index is 13.5. The number of rotatable bonds is 7. The molecule has 283 valence electrons. The molecule has 5 rings (SSSR count). The third-order valence-corrected chi connectivity index (χ3v) is 10.8. The molecule has 52 heavy (non-hydrogen) atoms. The number of alkyl halides is 6. The number of thiazole rings is 1. The van der Waals surface area contributed by atoms with E-state index in [1.165, 1.54) is 55.5 Å². The smallest absolute Gasteiger partial charge is 0.454 e. The normalized spacial score (nSPS) is 13.1. The molecule has 0 amide bonds. The molecule has 1 radical (unpaired) electrons. The average molecular weight is 940 g/mol. The Bertz CT molecular complexity index is 2070. The molecule has 0 aliphatic rings. The first-order valence-corrected chi connectivity index (χ1v) is 18.0. The second-order valence-electron chi connectivity index (χ2n) is 14.7. The summed E-state index contributed by atoms with van der Waals surface area (Å²) in [5.74, 6) is -2.85. The fourth-order valence-corrected chi connectivity index (χ4v) is 8.04. The van der Waals surface area contributed by atoms with Gasteiger partial charge in [-0.1, -0.05) is 91.5 Å². The summed E-state index contributed by atoms with van der Waals surface area (Å²) in [5, 5.41) is 12.7. The Morgan fingerprint density at radius 3 is 2.12 bits per heavy atom. The number of aliphatic hydroxyl groups is 1. The number of aliphatic hydroxyl groups excluding tert-OH is 1. The summed E-state index contributed by atoms with van der Waals surface area (Å²) in [6, 6.07) is 16.2. The first-order chi connectivity index (χ1) is 23.4. The Hall–Kier alpha value is -3.12. The SMILES string of the molecule is CC(C)/C(O)=C/C(=O)C(F)(F)F.CC(C)c1c(-c2cnc(CC(C)(C)C(F)(F)F)s2)sc2c(-c3[c-]c4ccccc4c(C(C)(C)C)c3)nccc12.[Ir]. The summed E-state index contributed by atoms with van der Waals surface area (Å²) < 4.78 is 76.4. The first-order valence-electron chi connectivity index (χ1n) is 16.3. The van der Waals surface area contributed by atoms with Gasteiger partial charge in [0.2, 0.25) is 0 Å². The number of halogens is 6. The Labute approximate surface area is 321 Å². The molecule has 0 saturated heterocycles. The second-order valence-corrected chi connectivity index (χ2v) is 16.8. The van der Waals surface area contributed by atoms with Crippen molar-refractivity contribution in [1.29, 1.82) is 0 Å². The minimum atomic E-state index is -4.90. The van der Waals surface area contributed by atoms with E-state index in [-0.39, 0.29) is 43.9 Å². The Morgan fingerprint density at radius 2 is 1.56 bits per heavy atom. The zero-order valence-corrected chi connectivity index (χ0v) is 34.3. The predicted octanol–water partition coefficient (Wildman–Crippen LogP) is 12.8. The topological polar surface area (TPSA) is 63.1 Å². The number of hydrogen-bond donors (Lipinski definition) is 1. The number of carbonyl (C=O) groups is 1. The van der Waals surface area contributed by atoms with E-state index in [9.17, 15) is 31.1 Å². The summed E-state index contributed by atoms with van der Waals surface area (Å²) in [4.78, 5) is 21.4. The van der Waals surface area contributed by atoms with E-state index >= 15 is 0 Å². The van der Waals surface area contributed by atoms with Crippen LogP contribution in [0.2, 0.25) is 0 Å². The molecule has 0 unspecified atom stereocenters. The van der Waals surface area contributed by atoms with Crippen molar-refractivity contribution < 1.29 is 56.3 Å². The van der Waals surface area contributed by atoms with Crippen LogP contribution in [0.3, 0.4) is 0 Å². The standard InChI is InChI=1S/C32H32F3N2S2.C7H9F3O2.Ir/c1-18(2)26-22-12-13-36-27(20-14-19-10-8-9-11-21(19)23(15-20)30(3,4)5)28(22)39-29(26)24-17-37-25(38-24)16-31(6,7)32(33,34)35;1-4(2)5(11)3-6(12)7(8,9)10;/h8-13,15,17-18H,16H2,1-7H3;3-4,11H,1-2H3;/q-1;;/b;5-3-;. The quantitative estimate of drug-likeness (QED) is 0.0764. The van der Waals surface area contributed by atoms with Gasteiger partial charge in [-0.05, 0) is 28.3 Å². The second kappa shape index (κ2) is 16.1. The molecule has 0 atom stereocenters. The van der Waals surface area contributed by atoms with Crippen molar-refractivity contribution in [1.82, 2.24) is 9.97 Å². The number of allylic oxidation sites excluding steroid dienone is 2. The number of thiophene rings is 1. The van der Waals surface area contributed by atoms with E-state index in [1.807, 2.05) is 12.3 Å². The van der Waals surface area contributed by atoms with Gasteiger partial charge < -0.3 is 5.11 Å². The summed E-state index contributed by atoms with van der Waals surface area (Å²) in [7, 11) is 0. The molecule has 0 aliphatic heterocycles. The summed E-state index contributed by atoms with van der Waals surface area (Å²) in [6.45, 7) is 16.4. The molecule has 5 aromatic rings. The van der Waals surface area contributed by atoms with Gasteiger partial charge in [0, 0.05) is 66.2 Å². The van der Waals surface area contributed by atoms with Crippen LogP contribution in [-0.2, 0) is 36.7 Å². The van der Waals surface area contributed by atoms with E-state index in [2.05, 4.69) is 76.0 Å². The molecule has 13 heteroatoms. The number of benzene rings is 2. The van der Waals surface area contributed by atoms with Crippen LogP contribution in [0.15, 0.2) is 60.6 Å². The predicted molar refractivity (Wildman–Crippen MR) is 195 cm³/mol. The number of carbonyl (C=O) groups excluding carboxylic acids is 1. The third-order valence-electron chi connectivity index (χ3n) is 8.35. The average Bonchev–Trinajstić information content (AvgIpc) is 3.63. The number of pyridine rings is 1. The molecule has 3 aromatic heterocycles. The summed E-state index contributed by atoms with van der Waals surface area (Å²) in [6.07, 6.45) is -5.55. The fourth-order valence-electron chi connectivity index (χ4n) is 5.33. The van der Waals surface area contributed by atoms with E-state index in [4.69, 9.17) is 10.1 Å². The molecule has 0 spiro atoms. The van der Waals surface area contributed by atoms with Crippen molar-refractivity contribution in [3.05, 3.63) is 82.8 Å². The molecule has 1 N–H and O–H groups in total. The number of hydrogen-bond acceptors (Lipinski definition) is 6. The number of ketones is 1. The molecule has 3 heterocycles. The zero-order valence-electron chi connectivity index (χ0n) is 30.2. The summed E-state index contributed by atoms with van der Waals surface area (Å²) >= 11 is 3.00. The monoisotopic (exact) mass is 940 g/mol.